The molecule has 0 aromatic carbocycles. The fourth-order valence-corrected chi connectivity index (χ4v) is 1.86. The van der Waals surface area contributed by atoms with Gasteiger partial charge in [0.05, 0.1) is 25.7 Å². The predicted molar refractivity (Wildman–Crippen MR) is 97.9 cm³/mol. The maximum atomic E-state index is 12.2. The van der Waals surface area contributed by atoms with Gasteiger partial charge >= 0.3 is 23.9 Å². The van der Waals surface area contributed by atoms with Crippen molar-refractivity contribution in [3.8, 4) is 0 Å². The van der Waals surface area contributed by atoms with Crippen molar-refractivity contribution in [2.45, 2.75) is 39.4 Å². The molecule has 0 saturated heterocycles. The van der Waals surface area contributed by atoms with E-state index < -0.39 is 29.5 Å². The predicted octanol–water partition coefficient (Wildman–Crippen LogP) is -1.43. The van der Waals surface area contributed by atoms with Gasteiger partial charge < -0.3 is 30.4 Å². The fourth-order valence-electron chi connectivity index (χ4n) is 1.86. The quantitative estimate of drug-likeness (QED) is 0.273. The molecule has 0 aromatic heterocycles. The second kappa shape index (κ2) is 13.0. The first kappa shape index (κ1) is 25.8. The van der Waals surface area contributed by atoms with Crippen LogP contribution in [0.3, 0.4) is 0 Å². The number of nitrogens with two attached hydrogens (primary N) is 2. The molecule has 0 heterocycles. The topological polar surface area (TPSA) is 160 Å². The minimum Gasteiger partial charge on any atom is -0.463 e. The third-order valence-corrected chi connectivity index (χ3v) is 3.23. The zero-order valence-electron chi connectivity index (χ0n) is 16.9. The van der Waals surface area contributed by atoms with E-state index in [9.17, 15) is 19.2 Å². The minimum atomic E-state index is -1.47. The zero-order chi connectivity index (χ0) is 21.7. The van der Waals surface area contributed by atoms with Gasteiger partial charge in [0.15, 0.2) is 0 Å². The van der Waals surface area contributed by atoms with Crippen LogP contribution in [0.15, 0.2) is 0 Å². The van der Waals surface area contributed by atoms with Crippen LogP contribution in [0.4, 0.5) is 0 Å². The van der Waals surface area contributed by atoms with Crippen molar-refractivity contribution in [1.29, 1.82) is 0 Å². The maximum Gasteiger partial charge on any atom is 0.350 e. The van der Waals surface area contributed by atoms with E-state index in [0.29, 0.717) is 0 Å². The third kappa shape index (κ3) is 11.5. The molecule has 0 spiro atoms. The highest BCUT2D eigenvalue weighted by Gasteiger charge is 2.34. The molecule has 162 valence electrons. The summed E-state index contributed by atoms with van der Waals surface area (Å²) < 4.78 is 20.0. The van der Waals surface area contributed by atoms with Gasteiger partial charge in [-0.25, -0.2) is 4.79 Å². The molecule has 11 nitrogen and oxygen atoms in total. The number of ether oxygens (including phenoxy) is 4. The van der Waals surface area contributed by atoms with Crippen LogP contribution in [-0.4, -0.2) is 86.4 Å². The van der Waals surface area contributed by atoms with Crippen LogP contribution in [0, 0.1) is 0 Å². The minimum absolute atomic E-state index is 0.0209. The van der Waals surface area contributed by atoms with Gasteiger partial charge in [-0.2, -0.15) is 0 Å². The standard InChI is InChI=1S/C17H31N3O8/c1-12(2)27-16(24)17(3,4)28-15(23)11-20(5-7-25-13(21)9-18)6-8-26-14(22)10-19/h12H,5-11,18-19H2,1-4H3. The van der Waals surface area contributed by atoms with E-state index in [4.69, 9.17) is 30.4 Å². The third-order valence-electron chi connectivity index (χ3n) is 3.23. The van der Waals surface area contributed by atoms with Crippen LogP contribution in [0.5, 0.6) is 0 Å². The lowest BCUT2D eigenvalue weighted by Gasteiger charge is -2.26. The van der Waals surface area contributed by atoms with E-state index in [1.165, 1.54) is 13.8 Å². The first-order valence-electron chi connectivity index (χ1n) is 8.88. The Bertz CT molecular complexity index is 514. The molecule has 0 fully saturated rings. The molecule has 0 aliphatic rings. The van der Waals surface area contributed by atoms with Gasteiger partial charge in [-0.3, -0.25) is 19.3 Å². The maximum absolute atomic E-state index is 12.2. The van der Waals surface area contributed by atoms with Crippen LogP contribution in [0.25, 0.3) is 0 Å². The molecule has 0 aliphatic carbocycles. The molecule has 0 aromatic rings. The Kier molecular flexibility index (Phi) is 12.0. The second-order valence-electron chi connectivity index (χ2n) is 6.56. The number of nitrogens with zero attached hydrogens (tertiary/aromatic N) is 1. The summed E-state index contributed by atoms with van der Waals surface area (Å²) in [6, 6.07) is 0. The summed E-state index contributed by atoms with van der Waals surface area (Å²) in [4.78, 5) is 48.0. The Morgan fingerprint density at radius 2 is 1.36 bits per heavy atom. The summed E-state index contributed by atoms with van der Waals surface area (Å²) in [5.41, 5.74) is 8.84. The average molecular weight is 405 g/mol. The van der Waals surface area contributed by atoms with Crippen molar-refractivity contribution in [3.63, 3.8) is 0 Å². The number of hydrogen-bond donors (Lipinski definition) is 2. The lowest BCUT2D eigenvalue weighted by atomic mass is 10.1. The Morgan fingerprint density at radius 3 is 1.75 bits per heavy atom. The first-order chi connectivity index (χ1) is 13.0. The SMILES string of the molecule is CC(C)OC(=O)C(C)(C)OC(=O)CN(CCOC(=O)CN)CCOC(=O)CN. The molecular weight excluding hydrogens is 374 g/mol. The molecule has 4 N–H and O–H groups in total. The van der Waals surface area contributed by atoms with E-state index in [1.807, 2.05) is 0 Å². The highest BCUT2D eigenvalue weighted by Crippen LogP contribution is 2.13. The van der Waals surface area contributed by atoms with Crippen LogP contribution >= 0.6 is 0 Å². The van der Waals surface area contributed by atoms with E-state index in [0.717, 1.165) is 0 Å². The first-order valence-corrected chi connectivity index (χ1v) is 8.88. The normalized spacial score (nSPS) is 11.3. The van der Waals surface area contributed by atoms with Gasteiger partial charge in [-0.1, -0.05) is 0 Å². The summed E-state index contributed by atoms with van der Waals surface area (Å²) in [5, 5.41) is 0. The highest BCUT2D eigenvalue weighted by molar-refractivity contribution is 5.83. The van der Waals surface area contributed by atoms with Crippen molar-refractivity contribution in [1.82, 2.24) is 4.90 Å². The lowest BCUT2D eigenvalue weighted by molar-refractivity contribution is -0.182. The molecule has 0 amide bonds. The Labute approximate surface area is 164 Å². The van der Waals surface area contributed by atoms with Crippen molar-refractivity contribution in [2.75, 3.05) is 45.9 Å². The van der Waals surface area contributed by atoms with E-state index in [-0.39, 0.29) is 52.0 Å². The summed E-state index contributed by atoms with van der Waals surface area (Å²) >= 11 is 0. The summed E-state index contributed by atoms with van der Waals surface area (Å²) in [5.74, 6) is -2.54. The van der Waals surface area contributed by atoms with E-state index in [2.05, 4.69) is 0 Å². The summed E-state index contributed by atoms with van der Waals surface area (Å²) in [7, 11) is 0. The van der Waals surface area contributed by atoms with Gasteiger partial charge in [-0.15, -0.1) is 0 Å². The van der Waals surface area contributed by atoms with E-state index in [1.54, 1.807) is 18.7 Å². The highest BCUT2D eigenvalue weighted by atomic mass is 16.6. The van der Waals surface area contributed by atoms with E-state index >= 15 is 0 Å². The number of carbonyl (C=O) groups is 4. The van der Waals surface area contributed by atoms with Crippen molar-refractivity contribution in [2.24, 2.45) is 11.5 Å². The molecule has 11 heteroatoms. The monoisotopic (exact) mass is 405 g/mol. The number of rotatable bonds is 13. The number of hydrogen-bond acceptors (Lipinski definition) is 11. The smallest absolute Gasteiger partial charge is 0.350 e. The number of esters is 4. The number of carbonyl (C=O) groups excluding carboxylic acids is 4. The molecule has 0 radical (unpaired) electrons. The van der Waals surface area contributed by atoms with Crippen LogP contribution in [0.1, 0.15) is 27.7 Å². The average Bonchev–Trinajstić information content (AvgIpc) is 2.59. The summed E-state index contributed by atoms with van der Waals surface area (Å²) in [6.07, 6.45) is -0.351. The van der Waals surface area contributed by atoms with Gasteiger partial charge in [0.25, 0.3) is 0 Å². The molecule has 0 unspecified atom stereocenters. The van der Waals surface area contributed by atoms with Gasteiger partial charge in [0.1, 0.15) is 13.2 Å². The molecule has 0 aliphatic heterocycles. The van der Waals surface area contributed by atoms with Crippen LogP contribution < -0.4 is 11.5 Å². The largest absolute Gasteiger partial charge is 0.463 e. The van der Waals surface area contributed by atoms with Crippen LogP contribution in [0.2, 0.25) is 0 Å². The Hall–Kier alpha value is -2.24. The molecule has 0 atom stereocenters. The van der Waals surface area contributed by atoms with Crippen molar-refractivity contribution < 1.29 is 38.1 Å². The van der Waals surface area contributed by atoms with Crippen LogP contribution in [-0.2, 0) is 38.1 Å². The molecule has 0 bridgehead atoms. The van der Waals surface area contributed by atoms with Gasteiger partial charge in [0.2, 0.25) is 5.60 Å². The molecule has 28 heavy (non-hydrogen) atoms. The Balaban J connectivity index is 4.74. The zero-order valence-corrected chi connectivity index (χ0v) is 16.9. The second-order valence-corrected chi connectivity index (χ2v) is 6.56. The lowest BCUT2D eigenvalue weighted by Crippen LogP contribution is -2.44. The molecular formula is C17H31N3O8. The molecule has 0 saturated carbocycles. The molecule has 0 rings (SSSR count). The van der Waals surface area contributed by atoms with Gasteiger partial charge in [0, 0.05) is 13.1 Å². The Morgan fingerprint density at radius 1 is 0.893 bits per heavy atom. The van der Waals surface area contributed by atoms with Crippen molar-refractivity contribution in [3.05, 3.63) is 0 Å². The fraction of sp³-hybridized carbons (Fsp3) is 0.765. The van der Waals surface area contributed by atoms with Gasteiger partial charge in [-0.05, 0) is 27.7 Å². The van der Waals surface area contributed by atoms with Crippen molar-refractivity contribution >= 4 is 23.9 Å². The summed E-state index contributed by atoms with van der Waals surface area (Å²) in [6.45, 7) is 5.75.